The van der Waals surface area contributed by atoms with Crippen LogP contribution in [0.1, 0.15) is 19.8 Å². The van der Waals surface area contributed by atoms with E-state index in [1.54, 1.807) is 39.8 Å². The van der Waals surface area contributed by atoms with Crippen molar-refractivity contribution in [2.75, 3.05) is 44.6 Å². The molecular formula is C21H26Cl2N4O4. The van der Waals surface area contributed by atoms with Gasteiger partial charge >= 0.3 is 12.1 Å². The van der Waals surface area contributed by atoms with Crippen LogP contribution in [-0.4, -0.2) is 72.0 Å². The van der Waals surface area contributed by atoms with Crippen molar-refractivity contribution in [1.29, 1.82) is 0 Å². The van der Waals surface area contributed by atoms with E-state index in [1.165, 1.54) is 0 Å². The molecular weight excluding hydrogens is 443 g/mol. The quantitative estimate of drug-likeness (QED) is 0.678. The maximum absolute atomic E-state index is 13.0. The summed E-state index contributed by atoms with van der Waals surface area (Å²) >= 11 is 11.9. The van der Waals surface area contributed by atoms with Gasteiger partial charge in [-0.25, -0.2) is 9.59 Å². The van der Waals surface area contributed by atoms with Crippen LogP contribution in [0.5, 0.6) is 0 Å². The van der Waals surface area contributed by atoms with Gasteiger partial charge in [-0.3, -0.25) is 4.79 Å². The second-order valence-electron chi connectivity index (χ2n) is 7.73. The Morgan fingerprint density at radius 2 is 1.71 bits per heavy atom. The number of carbonyl (C=O) groups is 3. The van der Waals surface area contributed by atoms with Crippen LogP contribution in [0.25, 0.3) is 0 Å². The highest BCUT2D eigenvalue weighted by atomic mass is 35.5. The zero-order chi connectivity index (χ0) is 22.5. The molecule has 1 atom stereocenters. The van der Waals surface area contributed by atoms with Gasteiger partial charge < -0.3 is 24.8 Å². The van der Waals surface area contributed by atoms with Gasteiger partial charge in [0.15, 0.2) is 0 Å². The lowest BCUT2D eigenvalue weighted by Crippen LogP contribution is -2.54. The zero-order valence-corrected chi connectivity index (χ0v) is 18.9. The number of urea groups is 1. The summed E-state index contributed by atoms with van der Waals surface area (Å²) in [4.78, 5) is 42.6. The highest BCUT2D eigenvalue weighted by Crippen LogP contribution is 2.25. The summed E-state index contributed by atoms with van der Waals surface area (Å²) < 4.78 is 5.07. The monoisotopic (exact) mass is 468 g/mol. The second-order valence-corrected chi connectivity index (χ2v) is 8.54. The van der Waals surface area contributed by atoms with E-state index in [0.29, 0.717) is 60.8 Å². The van der Waals surface area contributed by atoms with Gasteiger partial charge in [0.05, 0.1) is 21.7 Å². The van der Waals surface area contributed by atoms with Crippen molar-refractivity contribution in [3.8, 4) is 0 Å². The third-order valence-electron chi connectivity index (χ3n) is 5.34. The predicted molar refractivity (Wildman–Crippen MR) is 119 cm³/mol. The van der Waals surface area contributed by atoms with Crippen LogP contribution in [0.15, 0.2) is 30.5 Å². The number of nitrogens with zero attached hydrogens (tertiary/aromatic N) is 3. The fraction of sp³-hybridized carbons (Fsp3) is 0.476. The van der Waals surface area contributed by atoms with Gasteiger partial charge in [-0.2, -0.15) is 0 Å². The van der Waals surface area contributed by atoms with Crippen molar-refractivity contribution < 1.29 is 19.1 Å². The molecule has 8 nitrogen and oxygen atoms in total. The molecule has 1 unspecified atom stereocenters. The highest BCUT2D eigenvalue weighted by Gasteiger charge is 2.33. The number of allylic oxidation sites excluding steroid dienone is 1. The molecule has 0 aliphatic carbocycles. The number of carbonyl (C=O) groups excluding carboxylic acids is 3. The minimum absolute atomic E-state index is 0.0115. The Hall–Kier alpha value is -2.45. The van der Waals surface area contributed by atoms with Crippen LogP contribution in [0.4, 0.5) is 15.3 Å². The number of amides is 4. The molecule has 0 saturated carbocycles. The number of ether oxygens (including phenoxy) is 1. The van der Waals surface area contributed by atoms with Crippen molar-refractivity contribution in [2.24, 2.45) is 5.92 Å². The number of halogens is 2. The molecule has 0 spiro atoms. The number of piperidine rings is 1. The first-order valence-electron chi connectivity index (χ1n) is 10.2. The number of anilines is 1. The first-order valence-corrected chi connectivity index (χ1v) is 10.9. The maximum atomic E-state index is 13.0. The molecule has 2 saturated heterocycles. The van der Waals surface area contributed by atoms with Gasteiger partial charge in [0.1, 0.15) is 0 Å². The van der Waals surface area contributed by atoms with E-state index in [9.17, 15) is 14.4 Å². The minimum atomic E-state index is -0.464. The van der Waals surface area contributed by atoms with E-state index in [4.69, 9.17) is 27.9 Å². The third-order valence-corrected chi connectivity index (χ3v) is 6.08. The number of benzene rings is 1. The molecule has 10 heteroatoms. The molecule has 4 amide bonds. The highest BCUT2D eigenvalue weighted by molar-refractivity contribution is 6.42. The smallest absolute Gasteiger partial charge is 0.414 e. The first-order chi connectivity index (χ1) is 14.7. The first kappa shape index (κ1) is 23.2. The molecule has 1 N–H and O–H groups in total. The summed E-state index contributed by atoms with van der Waals surface area (Å²) in [5, 5.41) is 3.58. The van der Waals surface area contributed by atoms with Crippen molar-refractivity contribution in [3.05, 3.63) is 40.6 Å². The Kier molecular flexibility index (Phi) is 7.67. The van der Waals surface area contributed by atoms with Crippen molar-refractivity contribution in [2.45, 2.75) is 19.8 Å². The SMILES string of the molecule is C=C(C)OC(=O)N1CCCC(C(=O)N2CCN(C(=O)Nc3ccc(Cl)c(Cl)c3)CC2)C1. The molecule has 31 heavy (non-hydrogen) atoms. The molecule has 3 rings (SSSR count). The number of rotatable bonds is 3. The molecule has 1 aromatic rings. The Bertz CT molecular complexity index is 871. The lowest BCUT2D eigenvalue weighted by molar-refractivity contribution is -0.138. The van der Waals surface area contributed by atoms with Crippen LogP contribution in [-0.2, 0) is 9.53 Å². The van der Waals surface area contributed by atoms with E-state index in [0.717, 1.165) is 12.8 Å². The third kappa shape index (κ3) is 6.04. The Labute approximate surface area is 191 Å². The fourth-order valence-electron chi connectivity index (χ4n) is 3.72. The van der Waals surface area contributed by atoms with Crippen LogP contribution >= 0.6 is 23.2 Å². The largest absolute Gasteiger partial charge is 0.416 e. The Morgan fingerprint density at radius 1 is 1.03 bits per heavy atom. The predicted octanol–water partition coefficient (Wildman–Crippen LogP) is 4.05. The van der Waals surface area contributed by atoms with E-state index in [-0.39, 0.29) is 17.9 Å². The van der Waals surface area contributed by atoms with E-state index in [1.807, 2.05) is 0 Å². The minimum Gasteiger partial charge on any atom is -0.416 e. The van der Waals surface area contributed by atoms with Gasteiger partial charge in [0.25, 0.3) is 0 Å². The van der Waals surface area contributed by atoms with Crippen LogP contribution in [0.2, 0.25) is 10.0 Å². The molecule has 168 valence electrons. The van der Waals surface area contributed by atoms with Crippen LogP contribution < -0.4 is 5.32 Å². The number of nitrogens with one attached hydrogen (secondary N) is 1. The number of hydrogen-bond acceptors (Lipinski definition) is 4. The summed E-state index contributed by atoms with van der Waals surface area (Å²) in [7, 11) is 0. The lowest BCUT2D eigenvalue weighted by atomic mass is 9.96. The zero-order valence-electron chi connectivity index (χ0n) is 17.4. The van der Waals surface area contributed by atoms with Gasteiger partial charge in [0.2, 0.25) is 5.91 Å². The van der Waals surface area contributed by atoms with Gasteiger partial charge in [-0.15, -0.1) is 0 Å². The molecule has 2 fully saturated rings. The summed E-state index contributed by atoms with van der Waals surface area (Å²) in [6.45, 7) is 7.83. The van der Waals surface area contributed by atoms with Gasteiger partial charge in [-0.05, 0) is 38.0 Å². The molecule has 0 radical (unpaired) electrons. The standard InChI is InChI=1S/C21H26Cl2N4O4/c1-14(2)31-21(30)27-7-3-4-15(13-27)19(28)25-8-10-26(11-9-25)20(29)24-16-5-6-17(22)18(23)12-16/h5-6,12,15H,1,3-4,7-11,13H2,2H3,(H,24,29). The average Bonchev–Trinajstić information content (AvgIpc) is 2.75. The molecule has 0 bridgehead atoms. The van der Waals surface area contributed by atoms with Gasteiger partial charge in [0, 0.05) is 45.0 Å². The Balaban J connectivity index is 1.49. The van der Waals surface area contributed by atoms with Crippen LogP contribution in [0.3, 0.4) is 0 Å². The second kappa shape index (κ2) is 10.2. The number of hydrogen-bond donors (Lipinski definition) is 1. The molecule has 2 aliphatic rings. The number of piperazine rings is 1. The van der Waals surface area contributed by atoms with Crippen LogP contribution in [0, 0.1) is 5.92 Å². The number of likely N-dealkylation sites (tertiary alicyclic amines) is 1. The van der Waals surface area contributed by atoms with Crippen molar-refractivity contribution in [3.63, 3.8) is 0 Å². The van der Waals surface area contributed by atoms with Crippen molar-refractivity contribution >= 4 is 46.9 Å². The summed E-state index contributed by atoms with van der Waals surface area (Å²) in [6.07, 6.45) is 1.01. The normalized spacial score (nSPS) is 19.1. The maximum Gasteiger partial charge on any atom is 0.414 e. The summed E-state index contributed by atoms with van der Waals surface area (Å²) in [6, 6.07) is 4.64. The van der Waals surface area contributed by atoms with E-state index in [2.05, 4.69) is 11.9 Å². The molecule has 2 heterocycles. The fourth-order valence-corrected chi connectivity index (χ4v) is 4.02. The summed E-state index contributed by atoms with van der Waals surface area (Å²) in [5.41, 5.74) is 0.557. The average molecular weight is 469 g/mol. The lowest BCUT2D eigenvalue weighted by Gasteiger charge is -2.38. The van der Waals surface area contributed by atoms with Crippen molar-refractivity contribution in [1.82, 2.24) is 14.7 Å². The topological polar surface area (TPSA) is 82.2 Å². The summed E-state index contributed by atoms with van der Waals surface area (Å²) in [5.74, 6) is 0.0779. The van der Waals surface area contributed by atoms with Gasteiger partial charge in [-0.1, -0.05) is 29.8 Å². The molecule has 1 aromatic carbocycles. The Morgan fingerprint density at radius 3 is 2.35 bits per heavy atom. The van der Waals surface area contributed by atoms with E-state index < -0.39 is 6.09 Å². The molecule has 0 aromatic heterocycles. The van der Waals surface area contributed by atoms with E-state index >= 15 is 0 Å². The molecule has 2 aliphatic heterocycles.